The maximum absolute atomic E-state index is 11.5. The average molecular weight is 549 g/mol. The first-order valence-corrected chi connectivity index (χ1v) is 14.7. The van der Waals surface area contributed by atoms with Crippen LogP contribution in [0.25, 0.3) is 0 Å². The first-order chi connectivity index (χ1) is 13.7. The van der Waals surface area contributed by atoms with Gasteiger partial charge in [0.05, 0.1) is 12.2 Å². The zero-order valence-corrected chi connectivity index (χ0v) is 22.7. The lowest BCUT2D eigenvalue weighted by Crippen LogP contribution is -2.45. The van der Waals surface area contributed by atoms with Crippen molar-refractivity contribution in [2.75, 3.05) is 0 Å². The zero-order chi connectivity index (χ0) is 22.8. The van der Waals surface area contributed by atoms with E-state index in [1.165, 1.54) is 6.08 Å². The highest BCUT2D eigenvalue weighted by atomic mass is 127. The third-order valence-corrected chi connectivity index (χ3v) is 11.0. The molecule has 0 aromatic carbocycles. The quantitative estimate of drug-likeness (QED) is 0.168. The number of rotatable bonds is 7. The number of esters is 1. The van der Waals surface area contributed by atoms with E-state index in [1.807, 2.05) is 43.1 Å². The Labute approximate surface area is 196 Å². The Morgan fingerprint density at radius 2 is 2.00 bits per heavy atom. The van der Waals surface area contributed by atoms with Crippen LogP contribution in [0.4, 0.5) is 0 Å². The number of carbonyl (C=O) groups excluding carboxylic acids is 1. The molecule has 0 radical (unpaired) electrons. The molecule has 0 N–H and O–H groups in total. The maximum atomic E-state index is 11.5. The van der Waals surface area contributed by atoms with E-state index in [9.17, 15) is 4.79 Å². The van der Waals surface area contributed by atoms with E-state index < -0.39 is 19.7 Å². The lowest BCUT2D eigenvalue weighted by Gasteiger charge is -2.39. The van der Waals surface area contributed by atoms with Crippen molar-refractivity contribution in [1.82, 2.24) is 0 Å². The minimum Gasteiger partial charge on any atom is -0.455 e. The van der Waals surface area contributed by atoms with Crippen molar-refractivity contribution in [1.29, 1.82) is 0 Å². The molecule has 2 rings (SSSR count). The topological polar surface area (TPSA) is 54.0 Å². The van der Waals surface area contributed by atoms with Crippen molar-refractivity contribution in [2.24, 2.45) is 0 Å². The predicted octanol–water partition coefficient (Wildman–Crippen LogP) is 6.05. The van der Waals surface area contributed by atoms with E-state index in [2.05, 4.69) is 62.5 Å². The van der Waals surface area contributed by atoms with Gasteiger partial charge in [-0.15, -0.1) is 0 Å². The fourth-order valence-electron chi connectivity index (χ4n) is 3.47. The molecule has 0 amide bonds. The molecule has 5 nitrogen and oxygen atoms in total. The molecule has 1 saturated heterocycles. The van der Waals surface area contributed by atoms with Gasteiger partial charge in [-0.25, -0.2) is 4.79 Å². The van der Waals surface area contributed by atoms with Crippen LogP contribution in [0.3, 0.4) is 0 Å². The van der Waals surface area contributed by atoms with Gasteiger partial charge in [0.2, 0.25) is 0 Å². The third kappa shape index (κ3) is 6.76. The second kappa shape index (κ2) is 9.56. The molecule has 2 aliphatic heterocycles. The number of hydrogen-bond donors (Lipinski definition) is 0. The van der Waals surface area contributed by atoms with Crippen molar-refractivity contribution >= 4 is 36.9 Å². The van der Waals surface area contributed by atoms with Gasteiger partial charge in [0, 0.05) is 18.9 Å². The van der Waals surface area contributed by atoms with Crippen LogP contribution in [-0.2, 0) is 23.4 Å². The molecule has 0 aliphatic carbocycles. The van der Waals surface area contributed by atoms with Gasteiger partial charge in [0.1, 0.15) is 11.7 Å². The van der Waals surface area contributed by atoms with Gasteiger partial charge in [-0.05, 0) is 49.1 Å². The lowest BCUT2D eigenvalue weighted by molar-refractivity contribution is -0.154. The van der Waals surface area contributed by atoms with E-state index in [0.717, 1.165) is 0 Å². The first kappa shape index (κ1) is 25.8. The molecule has 30 heavy (non-hydrogen) atoms. The van der Waals surface area contributed by atoms with Crippen LogP contribution in [0.2, 0.25) is 18.1 Å². The molecule has 0 saturated carbocycles. The second-order valence-electron chi connectivity index (χ2n) is 10.2. The molecule has 2 aliphatic rings. The SMILES string of the molecule is CC1(C)O[C@H](C[C@H](/C=C\I)O[Si](C)(C)C(C)(C)C)[C@@](C)(C=C[C@H]2CC=CC(=O)O2)O1. The van der Waals surface area contributed by atoms with Crippen LogP contribution in [0.5, 0.6) is 0 Å². The van der Waals surface area contributed by atoms with Crippen molar-refractivity contribution < 1.29 is 23.4 Å². The number of hydrogen-bond acceptors (Lipinski definition) is 5. The largest absolute Gasteiger partial charge is 0.455 e. The number of carbonyl (C=O) groups is 1. The lowest BCUT2D eigenvalue weighted by atomic mass is 9.93. The summed E-state index contributed by atoms with van der Waals surface area (Å²) >= 11 is 2.24. The molecular weight excluding hydrogens is 511 g/mol. The molecule has 170 valence electrons. The fraction of sp³-hybridized carbons (Fsp3) is 0.696. The Morgan fingerprint density at radius 3 is 2.57 bits per heavy atom. The van der Waals surface area contributed by atoms with E-state index >= 15 is 0 Å². The smallest absolute Gasteiger partial charge is 0.331 e. The summed E-state index contributed by atoms with van der Waals surface area (Å²) in [5.41, 5.74) is -0.648. The normalized spacial score (nSPS) is 30.9. The Hall–Kier alpha value is -0.483. The average Bonchev–Trinajstić information content (AvgIpc) is 2.81. The molecule has 1 fully saturated rings. The van der Waals surface area contributed by atoms with Gasteiger partial charge in [-0.1, -0.05) is 61.6 Å². The van der Waals surface area contributed by atoms with Gasteiger partial charge in [0.15, 0.2) is 14.1 Å². The van der Waals surface area contributed by atoms with E-state index in [1.54, 1.807) is 0 Å². The third-order valence-electron chi connectivity index (χ3n) is 6.05. The van der Waals surface area contributed by atoms with Crippen molar-refractivity contribution in [3.8, 4) is 0 Å². The van der Waals surface area contributed by atoms with Crippen LogP contribution in [-0.4, -0.2) is 44.0 Å². The summed E-state index contributed by atoms with van der Waals surface area (Å²) in [6, 6.07) is 0. The Kier molecular flexibility index (Phi) is 8.22. The first-order valence-electron chi connectivity index (χ1n) is 10.6. The molecule has 0 aromatic rings. The zero-order valence-electron chi connectivity index (χ0n) is 19.5. The van der Waals surface area contributed by atoms with Crippen molar-refractivity contribution in [2.45, 2.75) is 102 Å². The van der Waals surface area contributed by atoms with Crippen LogP contribution < -0.4 is 0 Å². The maximum Gasteiger partial charge on any atom is 0.331 e. The number of halogens is 1. The monoisotopic (exact) mass is 548 g/mol. The molecule has 0 unspecified atom stereocenters. The molecule has 0 bridgehead atoms. The summed E-state index contributed by atoms with van der Waals surface area (Å²) in [7, 11) is -1.95. The summed E-state index contributed by atoms with van der Waals surface area (Å²) in [6.45, 7) is 17.2. The number of ether oxygens (including phenoxy) is 3. The van der Waals surface area contributed by atoms with Gasteiger partial charge in [-0.3, -0.25) is 0 Å². The predicted molar refractivity (Wildman–Crippen MR) is 131 cm³/mol. The minimum atomic E-state index is -1.95. The second-order valence-corrected chi connectivity index (χ2v) is 15.7. The van der Waals surface area contributed by atoms with Crippen LogP contribution in [0.1, 0.15) is 54.4 Å². The molecule has 0 spiro atoms. The Bertz CT molecular complexity index is 707. The molecule has 2 heterocycles. The summed E-state index contributed by atoms with van der Waals surface area (Å²) in [6.07, 6.45) is 10.1. The van der Waals surface area contributed by atoms with Crippen molar-refractivity contribution in [3.63, 3.8) is 0 Å². The molecular formula is C23H37IO5Si. The standard InChI is InChI=1S/C23H37IO5Si/c1-21(2,3)30(7,8)28-18(13-15-24)16-19-23(6,29-22(4,5)27-19)14-12-17-10-9-11-20(25)26-17/h9,11-15,17-19H,10,16H2,1-8H3/b14-12?,15-13-/t17-,18+,19-,23-/m1/s1. The van der Waals surface area contributed by atoms with Gasteiger partial charge in [0.25, 0.3) is 0 Å². The molecule has 4 atom stereocenters. The van der Waals surface area contributed by atoms with E-state index in [4.69, 9.17) is 18.6 Å². The van der Waals surface area contributed by atoms with Crippen LogP contribution in [0, 0.1) is 0 Å². The summed E-state index contributed by atoms with van der Waals surface area (Å²) in [5, 5.41) is 0.123. The summed E-state index contributed by atoms with van der Waals surface area (Å²) in [5.74, 6) is -1.01. The van der Waals surface area contributed by atoms with Gasteiger partial charge in [-0.2, -0.15) is 0 Å². The molecule has 7 heteroatoms. The fourth-order valence-corrected chi connectivity index (χ4v) is 5.22. The van der Waals surface area contributed by atoms with Crippen molar-refractivity contribution in [3.05, 3.63) is 34.5 Å². The van der Waals surface area contributed by atoms with Crippen LogP contribution >= 0.6 is 22.6 Å². The molecule has 0 aromatic heterocycles. The summed E-state index contributed by atoms with van der Waals surface area (Å²) < 4.78 is 26.7. The highest BCUT2D eigenvalue weighted by Gasteiger charge is 2.50. The van der Waals surface area contributed by atoms with Gasteiger partial charge >= 0.3 is 5.97 Å². The van der Waals surface area contributed by atoms with Crippen LogP contribution in [0.15, 0.2) is 34.5 Å². The van der Waals surface area contributed by atoms with E-state index in [0.29, 0.717) is 12.8 Å². The highest BCUT2D eigenvalue weighted by molar-refractivity contribution is 14.1. The van der Waals surface area contributed by atoms with Gasteiger partial charge < -0.3 is 18.6 Å². The Morgan fingerprint density at radius 1 is 1.33 bits per heavy atom. The highest BCUT2D eigenvalue weighted by Crippen LogP contribution is 2.42. The van der Waals surface area contributed by atoms with E-state index in [-0.39, 0.29) is 29.3 Å². The number of cyclic esters (lactones) is 1. The summed E-state index contributed by atoms with van der Waals surface area (Å²) in [4.78, 5) is 11.5. The Balaban J connectivity index is 2.20. The minimum absolute atomic E-state index is 0.0616.